The number of hydrogen-bond acceptors (Lipinski definition) is 2. The van der Waals surface area contributed by atoms with Crippen molar-refractivity contribution in [3.05, 3.63) is 12.2 Å². The molecule has 1 saturated carbocycles. The van der Waals surface area contributed by atoms with E-state index in [9.17, 15) is 4.79 Å². The lowest BCUT2D eigenvalue weighted by Crippen LogP contribution is -2.27. The van der Waals surface area contributed by atoms with Gasteiger partial charge in [-0.2, -0.15) is 0 Å². The topological polar surface area (TPSA) is 26.3 Å². The van der Waals surface area contributed by atoms with Gasteiger partial charge in [0.05, 0.1) is 13.5 Å². The number of esters is 1. The van der Waals surface area contributed by atoms with Gasteiger partial charge in [0.1, 0.15) is 0 Å². The van der Waals surface area contributed by atoms with Crippen molar-refractivity contribution in [2.24, 2.45) is 17.8 Å². The Hall–Kier alpha value is -0.790. The summed E-state index contributed by atoms with van der Waals surface area (Å²) in [7, 11) is 1.46. The second-order valence-electron chi connectivity index (χ2n) is 4.81. The van der Waals surface area contributed by atoms with Gasteiger partial charge in [0, 0.05) is 0 Å². The van der Waals surface area contributed by atoms with Crippen molar-refractivity contribution in [3.63, 3.8) is 0 Å². The van der Waals surface area contributed by atoms with Gasteiger partial charge in [0.25, 0.3) is 0 Å². The third-order valence-corrected chi connectivity index (χ3v) is 3.55. The zero-order valence-corrected chi connectivity index (χ0v) is 10.1. The number of allylic oxidation sites excluding steroid dienone is 1. The summed E-state index contributed by atoms with van der Waals surface area (Å²) >= 11 is 0. The van der Waals surface area contributed by atoms with E-state index >= 15 is 0 Å². The van der Waals surface area contributed by atoms with Crippen LogP contribution in [0.15, 0.2) is 12.2 Å². The minimum atomic E-state index is -0.103. The van der Waals surface area contributed by atoms with E-state index in [-0.39, 0.29) is 5.97 Å². The Morgan fingerprint density at radius 3 is 2.40 bits per heavy atom. The van der Waals surface area contributed by atoms with Crippen molar-refractivity contribution in [3.8, 4) is 0 Å². The summed E-state index contributed by atoms with van der Waals surface area (Å²) in [5.74, 6) is 1.36. The number of rotatable bonds is 5. The number of carbonyl (C=O) groups excluding carboxylic acids is 1. The Bertz CT molecular complexity index is 239. The molecule has 1 atom stereocenters. The van der Waals surface area contributed by atoms with Gasteiger partial charge in [-0.15, -0.1) is 0 Å². The summed E-state index contributed by atoms with van der Waals surface area (Å²) in [5.41, 5.74) is 1.21. The third-order valence-electron chi connectivity index (χ3n) is 3.55. The molecular weight excluding hydrogens is 188 g/mol. The molecule has 2 heteroatoms. The van der Waals surface area contributed by atoms with Crippen molar-refractivity contribution in [1.29, 1.82) is 0 Å². The van der Waals surface area contributed by atoms with E-state index < -0.39 is 0 Å². The Morgan fingerprint density at radius 2 is 2.07 bits per heavy atom. The Kier molecular flexibility index (Phi) is 4.37. The van der Waals surface area contributed by atoms with Crippen molar-refractivity contribution in [1.82, 2.24) is 0 Å². The molecule has 1 aliphatic rings. The second-order valence-corrected chi connectivity index (χ2v) is 4.81. The van der Waals surface area contributed by atoms with Gasteiger partial charge in [0.2, 0.25) is 0 Å². The van der Waals surface area contributed by atoms with E-state index in [0.717, 1.165) is 0 Å². The lowest BCUT2D eigenvalue weighted by atomic mass is 9.70. The highest BCUT2D eigenvalue weighted by Crippen LogP contribution is 2.40. The van der Waals surface area contributed by atoms with Crippen molar-refractivity contribution in [2.45, 2.75) is 39.5 Å². The van der Waals surface area contributed by atoms with Crippen LogP contribution in [0.2, 0.25) is 0 Å². The molecule has 1 fully saturated rings. The number of ether oxygens (including phenoxy) is 1. The summed E-state index contributed by atoms with van der Waals surface area (Å²) in [6.07, 6.45) is 4.30. The number of methoxy groups -OCH3 is 1. The van der Waals surface area contributed by atoms with Crippen LogP contribution >= 0.6 is 0 Å². The molecule has 0 heterocycles. The van der Waals surface area contributed by atoms with Gasteiger partial charge >= 0.3 is 5.97 Å². The highest BCUT2D eigenvalue weighted by Gasteiger charge is 2.31. The monoisotopic (exact) mass is 210 g/mol. The summed E-state index contributed by atoms with van der Waals surface area (Å²) < 4.78 is 4.75. The third kappa shape index (κ3) is 3.08. The molecule has 0 aromatic carbocycles. The number of hydrogen-bond donors (Lipinski definition) is 0. The molecule has 15 heavy (non-hydrogen) atoms. The van der Waals surface area contributed by atoms with Crippen LogP contribution in [0.4, 0.5) is 0 Å². The first-order chi connectivity index (χ1) is 7.06. The molecule has 0 aliphatic heterocycles. The highest BCUT2D eigenvalue weighted by molar-refractivity contribution is 5.70. The normalized spacial score (nSPS) is 18.4. The van der Waals surface area contributed by atoms with Crippen molar-refractivity contribution in [2.75, 3.05) is 7.11 Å². The molecule has 2 nitrogen and oxygen atoms in total. The van der Waals surface area contributed by atoms with Crippen molar-refractivity contribution >= 4 is 5.97 Å². The molecule has 0 spiro atoms. The fourth-order valence-electron chi connectivity index (χ4n) is 2.13. The first-order valence-corrected chi connectivity index (χ1v) is 5.81. The van der Waals surface area contributed by atoms with Crippen LogP contribution in [0.3, 0.4) is 0 Å². The van der Waals surface area contributed by atoms with E-state index in [1.807, 2.05) is 0 Å². The average Bonchev–Trinajstić information content (AvgIpc) is 2.12. The van der Waals surface area contributed by atoms with Gasteiger partial charge in [0.15, 0.2) is 0 Å². The van der Waals surface area contributed by atoms with Gasteiger partial charge in [-0.1, -0.05) is 32.4 Å². The fourth-order valence-corrected chi connectivity index (χ4v) is 2.13. The maximum Gasteiger partial charge on any atom is 0.306 e. The van der Waals surface area contributed by atoms with Gasteiger partial charge in [-0.05, 0) is 30.6 Å². The minimum absolute atomic E-state index is 0.103. The van der Waals surface area contributed by atoms with Crippen LogP contribution in [-0.4, -0.2) is 13.1 Å². The summed E-state index contributed by atoms with van der Waals surface area (Å²) in [6, 6.07) is 0. The molecule has 0 radical (unpaired) electrons. The Morgan fingerprint density at radius 1 is 1.47 bits per heavy atom. The summed E-state index contributed by atoms with van der Waals surface area (Å²) in [6.45, 7) is 8.43. The van der Waals surface area contributed by atoms with Gasteiger partial charge in [-0.3, -0.25) is 4.79 Å². The Balaban J connectivity index is 2.60. The fraction of sp³-hybridized carbons (Fsp3) is 0.769. The number of carbonyl (C=O) groups is 1. The molecule has 0 amide bonds. The van der Waals surface area contributed by atoms with Crippen LogP contribution in [0.1, 0.15) is 39.5 Å². The first-order valence-electron chi connectivity index (χ1n) is 5.81. The molecule has 0 N–H and O–H groups in total. The lowest BCUT2D eigenvalue weighted by Gasteiger charge is -2.35. The van der Waals surface area contributed by atoms with Gasteiger partial charge in [-0.25, -0.2) is 0 Å². The molecule has 1 aliphatic carbocycles. The quantitative estimate of drug-likeness (QED) is 0.514. The van der Waals surface area contributed by atoms with Crippen molar-refractivity contribution < 1.29 is 9.53 Å². The molecule has 0 saturated heterocycles. The maximum absolute atomic E-state index is 11.3. The largest absolute Gasteiger partial charge is 0.469 e. The van der Waals surface area contributed by atoms with Gasteiger partial charge < -0.3 is 4.74 Å². The van der Waals surface area contributed by atoms with Crippen LogP contribution in [-0.2, 0) is 9.53 Å². The SMILES string of the molecule is C=C(C(C)C)C(CC(=O)OC)C1CCC1. The van der Waals surface area contributed by atoms with Crippen LogP contribution < -0.4 is 0 Å². The highest BCUT2D eigenvalue weighted by atomic mass is 16.5. The summed E-state index contributed by atoms with van der Waals surface area (Å²) in [5, 5.41) is 0. The zero-order valence-electron chi connectivity index (χ0n) is 10.1. The smallest absolute Gasteiger partial charge is 0.306 e. The van der Waals surface area contributed by atoms with E-state index in [0.29, 0.717) is 24.2 Å². The van der Waals surface area contributed by atoms with E-state index in [1.54, 1.807) is 0 Å². The lowest BCUT2D eigenvalue weighted by molar-refractivity contribution is -0.142. The van der Waals surface area contributed by atoms with E-state index in [1.165, 1.54) is 31.9 Å². The molecule has 86 valence electrons. The van der Waals surface area contributed by atoms with E-state index in [2.05, 4.69) is 20.4 Å². The minimum Gasteiger partial charge on any atom is -0.469 e. The Labute approximate surface area is 92.7 Å². The zero-order chi connectivity index (χ0) is 11.4. The molecular formula is C13H22O2. The molecule has 1 rings (SSSR count). The predicted molar refractivity (Wildman–Crippen MR) is 61.4 cm³/mol. The van der Waals surface area contributed by atoms with Crippen LogP contribution in [0, 0.1) is 17.8 Å². The predicted octanol–water partition coefficient (Wildman–Crippen LogP) is 3.18. The standard InChI is InChI=1S/C13H22O2/c1-9(2)10(3)12(8-13(14)15-4)11-6-5-7-11/h9,11-12H,3,5-8H2,1-2,4H3. The first kappa shape index (κ1) is 12.3. The molecule has 0 bridgehead atoms. The average molecular weight is 210 g/mol. The molecule has 0 aromatic heterocycles. The van der Waals surface area contributed by atoms with E-state index in [4.69, 9.17) is 4.74 Å². The van der Waals surface area contributed by atoms with Crippen LogP contribution in [0.5, 0.6) is 0 Å². The summed E-state index contributed by atoms with van der Waals surface area (Å²) in [4.78, 5) is 11.3. The second kappa shape index (κ2) is 5.34. The maximum atomic E-state index is 11.3. The van der Waals surface area contributed by atoms with Crippen LogP contribution in [0.25, 0.3) is 0 Å². The molecule has 0 aromatic rings. The molecule has 1 unspecified atom stereocenters.